The first kappa shape index (κ1) is 21.7. The highest BCUT2D eigenvalue weighted by Gasteiger charge is 2.24. The normalized spacial score (nSPS) is 11.4. The number of aromatic nitrogens is 2. The molecule has 0 fully saturated rings. The number of benzene rings is 2. The highest BCUT2D eigenvalue weighted by Crippen LogP contribution is 2.24. The third-order valence-electron chi connectivity index (χ3n) is 4.70. The van der Waals surface area contributed by atoms with Crippen LogP contribution in [0.25, 0.3) is 4.96 Å². The molecule has 0 radical (unpaired) electrons. The van der Waals surface area contributed by atoms with Crippen LogP contribution in [-0.4, -0.2) is 30.3 Å². The van der Waals surface area contributed by atoms with Crippen molar-refractivity contribution in [2.24, 2.45) is 0 Å². The molecule has 32 heavy (non-hydrogen) atoms. The summed E-state index contributed by atoms with van der Waals surface area (Å²) in [5.41, 5.74) is 0.667. The van der Waals surface area contributed by atoms with E-state index in [4.69, 9.17) is 4.74 Å². The lowest BCUT2D eigenvalue weighted by molar-refractivity contribution is 0.0467. The number of anilines is 1. The van der Waals surface area contributed by atoms with E-state index in [2.05, 4.69) is 4.98 Å². The molecule has 0 saturated heterocycles. The maximum absolute atomic E-state index is 13.2. The smallest absolute Gasteiger partial charge is 0.338 e. The lowest BCUT2D eigenvalue weighted by atomic mass is 10.2. The molecule has 2 heterocycles. The van der Waals surface area contributed by atoms with Gasteiger partial charge in [0.2, 0.25) is 0 Å². The van der Waals surface area contributed by atoms with E-state index in [0.717, 1.165) is 0 Å². The Labute approximate surface area is 188 Å². The van der Waals surface area contributed by atoms with Gasteiger partial charge >= 0.3 is 5.97 Å². The van der Waals surface area contributed by atoms with Crippen molar-refractivity contribution in [3.05, 3.63) is 93.9 Å². The van der Waals surface area contributed by atoms with Gasteiger partial charge in [-0.3, -0.25) is 13.5 Å². The molecule has 4 rings (SSSR count). The predicted octanol–water partition coefficient (Wildman–Crippen LogP) is 3.33. The van der Waals surface area contributed by atoms with Crippen LogP contribution in [-0.2, 0) is 21.4 Å². The summed E-state index contributed by atoms with van der Waals surface area (Å²) < 4.78 is 34.3. The fraction of sp³-hybridized carbons (Fsp3) is 0.136. The number of carbonyl (C=O) groups excluding carboxylic acids is 1. The van der Waals surface area contributed by atoms with E-state index >= 15 is 0 Å². The summed E-state index contributed by atoms with van der Waals surface area (Å²) in [5.74, 6) is -0.710. The van der Waals surface area contributed by atoms with Crippen molar-refractivity contribution in [3.8, 4) is 0 Å². The third kappa shape index (κ3) is 4.27. The molecule has 0 aliphatic carbocycles. The molecular weight excluding hydrogens is 450 g/mol. The van der Waals surface area contributed by atoms with Crippen LogP contribution in [0.5, 0.6) is 0 Å². The first-order valence-corrected chi connectivity index (χ1v) is 12.0. The van der Waals surface area contributed by atoms with Gasteiger partial charge in [0.15, 0.2) is 4.96 Å². The first-order valence-electron chi connectivity index (χ1n) is 9.71. The van der Waals surface area contributed by atoms with E-state index in [9.17, 15) is 18.0 Å². The minimum absolute atomic E-state index is 0.0194. The number of carbonyl (C=O) groups is 1. The fourth-order valence-corrected chi connectivity index (χ4v) is 5.44. The third-order valence-corrected chi connectivity index (χ3v) is 7.35. The van der Waals surface area contributed by atoms with Gasteiger partial charge < -0.3 is 4.74 Å². The van der Waals surface area contributed by atoms with Crippen molar-refractivity contribution in [2.75, 3.05) is 10.8 Å². The topological polar surface area (TPSA) is 98.0 Å². The van der Waals surface area contributed by atoms with Gasteiger partial charge in [-0.15, -0.1) is 11.3 Å². The number of para-hydroxylation sites is 1. The molecule has 0 N–H and O–H groups in total. The lowest BCUT2D eigenvalue weighted by Gasteiger charge is -2.23. The Morgan fingerprint density at radius 2 is 1.91 bits per heavy atom. The minimum atomic E-state index is -3.88. The zero-order chi connectivity index (χ0) is 22.7. The summed E-state index contributed by atoms with van der Waals surface area (Å²) in [6.07, 6.45) is 1.62. The van der Waals surface area contributed by atoms with E-state index in [1.54, 1.807) is 48.8 Å². The van der Waals surface area contributed by atoms with Crippen LogP contribution in [0.1, 0.15) is 23.0 Å². The maximum atomic E-state index is 13.2. The SMILES string of the molecule is CCN(c1ccccc1)S(=O)(=O)c1cccc(C(=O)OCc2cc(=O)n3ccsc3n2)c1. The fourth-order valence-electron chi connectivity index (χ4n) is 3.18. The Morgan fingerprint density at radius 3 is 2.66 bits per heavy atom. The van der Waals surface area contributed by atoms with Gasteiger partial charge in [0.05, 0.1) is 21.8 Å². The number of hydrogen-bond acceptors (Lipinski definition) is 7. The van der Waals surface area contributed by atoms with E-state index in [-0.39, 0.29) is 29.2 Å². The highest BCUT2D eigenvalue weighted by atomic mass is 32.2. The van der Waals surface area contributed by atoms with Gasteiger partial charge in [-0.1, -0.05) is 24.3 Å². The summed E-state index contributed by atoms with van der Waals surface area (Å²) in [6, 6.07) is 15.7. The lowest BCUT2D eigenvalue weighted by Crippen LogP contribution is -2.30. The molecule has 8 nitrogen and oxygen atoms in total. The first-order chi connectivity index (χ1) is 15.4. The second-order valence-electron chi connectivity index (χ2n) is 6.75. The summed E-state index contributed by atoms with van der Waals surface area (Å²) >= 11 is 1.29. The van der Waals surface area contributed by atoms with Crippen molar-refractivity contribution < 1.29 is 17.9 Å². The monoisotopic (exact) mass is 469 g/mol. The van der Waals surface area contributed by atoms with Crippen LogP contribution < -0.4 is 9.86 Å². The molecule has 0 bridgehead atoms. The Kier molecular flexibility index (Phi) is 6.06. The summed E-state index contributed by atoms with van der Waals surface area (Å²) in [5, 5.41) is 1.74. The number of esters is 1. The van der Waals surface area contributed by atoms with E-state index in [1.807, 2.05) is 0 Å². The van der Waals surface area contributed by atoms with E-state index in [1.165, 1.54) is 50.4 Å². The number of sulfonamides is 1. The quantitative estimate of drug-likeness (QED) is 0.385. The number of nitrogens with zero attached hydrogens (tertiary/aromatic N) is 3. The Bertz CT molecular complexity index is 1430. The molecule has 164 valence electrons. The maximum Gasteiger partial charge on any atom is 0.338 e. The summed E-state index contributed by atoms with van der Waals surface area (Å²) in [6.45, 7) is 1.76. The molecular formula is C22H19N3O5S2. The molecule has 10 heteroatoms. The molecule has 4 aromatic rings. The average molecular weight is 470 g/mol. The van der Waals surface area contributed by atoms with Gasteiger partial charge in [0, 0.05) is 24.2 Å². The van der Waals surface area contributed by atoms with Crippen LogP contribution >= 0.6 is 11.3 Å². The Morgan fingerprint density at radius 1 is 1.12 bits per heavy atom. The van der Waals surface area contributed by atoms with Crippen LogP contribution in [0.15, 0.2) is 81.9 Å². The molecule has 0 aliphatic rings. The molecule has 0 spiro atoms. The predicted molar refractivity (Wildman–Crippen MR) is 122 cm³/mol. The van der Waals surface area contributed by atoms with Crippen LogP contribution in [0, 0.1) is 0 Å². The van der Waals surface area contributed by atoms with E-state index < -0.39 is 16.0 Å². The Balaban J connectivity index is 1.55. The molecule has 2 aromatic heterocycles. The zero-order valence-electron chi connectivity index (χ0n) is 17.0. The molecule has 0 unspecified atom stereocenters. The Hall–Kier alpha value is -3.50. The standard InChI is InChI=1S/C22H19N3O5S2/c1-2-25(18-8-4-3-5-9-18)32(28,29)19-10-6-7-16(13-19)21(27)30-15-17-14-20(26)24-11-12-31-22(24)23-17/h3-14H,2,15H2,1H3. The second kappa shape index (κ2) is 8.93. The number of ether oxygens (including phenoxy) is 1. The van der Waals surface area contributed by atoms with Crippen molar-refractivity contribution >= 4 is 38.0 Å². The van der Waals surface area contributed by atoms with Crippen molar-refractivity contribution in [3.63, 3.8) is 0 Å². The summed E-state index contributed by atoms with van der Waals surface area (Å²) in [7, 11) is -3.88. The molecule has 0 atom stereocenters. The second-order valence-corrected chi connectivity index (χ2v) is 9.49. The number of thiazole rings is 1. The summed E-state index contributed by atoms with van der Waals surface area (Å²) in [4.78, 5) is 29.4. The number of fused-ring (bicyclic) bond motifs is 1. The van der Waals surface area contributed by atoms with Crippen molar-refractivity contribution in [1.82, 2.24) is 9.38 Å². The molecule has 0 amide bonds. The van der Waals surface area contributed by atoms with Crippen LogP contribution in [0.3, 0.4) is 0 Å². The van der Waals surface area contributed by atoms with Crippen molar-refractivity contribution in [2.45, 2.75) is 18.4 Å². The minimum Gasteiger partial charge on any atom is -0.456 e. The number of hydrogen-bond donors (Lipinski definition) is 0. The van der Waals surface area contributed by atoms with Gasteiger partial charge in [0.25, 0.3) is 15.6 Å². The van der Waals surface area contributed by atoms with E-state index in [0.29, 0.717) is 16.3 Å². The molecule has 0 saturated carbocycles. The van der Waals surface area contributed by atoms with Gasteiger partial charge in [-0.25, -0.2) is 18.2 Å². The highest BCUT2D eigenvalue weighted by molar-refractivity contribution is 7.92. The van der Waals surface area contributed by atoms with Crippen LogP contribution in [0.2, 0.25) is 0 Å². The van der Waals surface area contributed by atoms with Gasteiger partial charge in [0.1, 0.15) is 6.61 Å². The molecule has 0 aliphatic heterocycles. The van der Waals surface area contributed by atoms with Crippen molar-refractivity contribution in [1.29, 1.82) is 0 Å². The molecule has 2 aromatic carbocycles. The van der Waals surface area contributed by atoms with Gasteiger partial charge in [-0.2, -0.15) is 0 Å². The zero-order valence-corrected chi connectivity index (χ0v) is 18.7. The largest absolute Gasteiger partial charge is 0.456 e. The van der Waals surface area contributed by atoms with Crippen LogP contribution in [0.4, 0.5) is 5.69 Å². The number of rotatable bonds is 7. The average Bonchev–Trinajstić information content (AvgIpc) is 3.28. The van der Waals surface area contributed by atoms with Gasteiger partial charge in [-0.05, 0) is 37.3 Å².